The molecule has 0 spiro atoms. The Balaban J connectivity index is 1.54. The number of benzene rings is 1. The monoisotopic (exact) mass is 365 g/mol. The molecular weight excluding hydrogens is 342 g/mol. The molecular formula is C20H23N5O2. The third-order valence-corrected chi connectivity index (χ3v) is 3.95. The zero-order chi connectivity index (χ0) is 19.2. The number of hydrogen-bond acceptors (Lipinski definition) is 6. The van der Waals surface area contributed by atoms with Crippen LogP contribution >= 0.6 is 0 Å². The van der Waals surface area contributed by atoms with Gasteiger partial charge in [0.25, 0.3) is 5.91 Å². The fourth-order valence-electron chi connectivity index (χ4n) is 2.84. The zero-order valence-corrected chi connectivity index (χ0v) is 15.8. The molecule has 1 N–H and O–H groups in total. The first-order chi connectivity index (χ1) is 13.0. The Kier molecular flexibility index (Phi) is 5.93. The number of nitrogens with zero attached hydrogens (tertiary/aromatic N) is 4. The van der Waals surface area contributed by atoms with Gasteiger partial charge in [-0.3, -0.25) is 9.69 Å². The Morgan fingerprint density at radius 2 is 1.78 bits per heavy atom. The maximum absolute atomic E-state index is 12.3. The molecule has 0 aliphatic heterocycles. The number of hydrogen-bond donors (Lipinski definition) is 1. The lowest BCUT2D eigenvalue weighted by Crippen LogP contribution is -2.24. The maximum atomic E-state index is 12.3. The quantitative estimate of drug-likeness (QED) is 0.693. The van der Waals surface area contributed by atoms with Crippen LogP contribution in [0.3, 0.4) is 0 Å². The predicted molar refractivity (Wildman–Crippen MR) is 101 cm³/mol. The third-order valence-electron chi connectivity index (χ3n) is 3.95. The largest absolute Gasteiger partial charge is 0.359 e. The van der Waals surface area contributed by atoms with Crippen molar-refractivity contribution in [1.29, 1.82) is 0 Å². The van der Waals surface area contributed by atoms with E-state index < -0.39 is 0 Å². The van der Waals surface area contributed by atoms with Crippen molar-refractivity contribution in [1.82, 2.24) is 25.3 Å². The van der Waals surface area contributed by atoms with E-state index in [9.17, 15) is 4.79 Å². The summed E-state index contributed by atoms with van der Waals surface area (Å²) in [7, 11) is 1.99. The lowest BCUT2D eigenvalue weighted by Gasteiger charge is -2.14. The summed E-state index contributed by atoms with van der Waals surface area (Å²) < 4.78 is 5.30. The number of carbonyl (C=O) groups excluding carboxylic acids is 1. The van der Waals surface area contributed by atoms with Gasteiger partial charge in [0, 0.05) is 24.0 Å². The van der Waals surface area contributed by atoms with E-state index in [2.05, 4.69) is 37.5 Å². The van der Waals surface area contributed by atoms with Crippen LogP contribution in [-0.4, -0.2) is 33.0 Å². The van der Waals surface area contributed by atoms with Crippen molar-refractivity contribution in [3.05, 3.63) is 76.7 Å². The molecule has 7 heteroatoms. The number of amides is 1. The first-order valence-electron chi connectivity index (χ1n) is 8.77. The molecule has 0 aliphatic rings. The van der Waals surface area contributed by atoms with E-state index in [0.717, 1.165) is 17.9 Å². The molecule has 2 aromatic heterocycles. The number of aryl methyl sites for hydroxylation is 2. The fourth-order valence-corrected chi connectivity index (χ4v) is 2.84. The minimum Gasteiger partial charge on any atom is -0.359 e. The molecule has 27 heavy (non-hydrogen) atoms. The molecule has 1 aromatic carbocycles. The van der Waals surface area contributed by atoms with E-state index in [1.54, 1.807) is 6.07 Å². The average molecular weight is 365 g/mol. The lowest BCUT2D eigenvalue weighted by atomic mass is 10.2. The van der Waals surface area contributed by atoms with E-state index in [1.807, 2.05) is 45.2 Å². The van der Waals surface area contributed by atoms with Crippen LogP contribution in [0.15, 0.2) is 47.0 Å². The second kappa shape index (κ2) is 8.55. The van der Waals surface area contributed by atoms with Gasteiger partial charge in [-0.2, -0.15) is 0 Å². The van der Waals surface area contributed by atoms with Crippen LogP contribution in [0.4, 0.5) is 0 Å². The van der Waals surface area contributed by atoms with Crippen molar-refractivity contribution in [3.63, 3.8) is 0 Å². The molecule has 7 nitrogen and oxygen atoms in total. The van der Waals surface area contributed by atoms with Gasteiger partial charge in [0.15, 0.2) is 11.5 Å². The highest BCUT2D eigenvalue weighted by Gasteiger charge is 2.14. The molecule has 0 atom stereocenters. The molecule has 3 rings (SSSR count). The van der Waals surface area contributed by atoms with E-state index in [0.29, 0.717) is 18.1 Å². The number of aromatic nitrogens is 3. The van der Waals surface area contributed by atoms with Gasteiger partial charge in [-0.15, -0.1) is 0 Å². The van der Waals surface area contributed by atoms with Crippen LogP contribution in [0.2, 0.25) is 0 Å². The standard InChI is InChI=1S/C20H23N5O2/c1-14-9-15(2)23-19(22-14)11-21-20(26)18-10-17(27-24-18)13-25(3)12-16-7-5-4-6-8-16/h4-10H,11-13H2,1-3H3,(H,21,26). The summed E-state index contributed by atoms with van der Waals surface area (Å²) in [5, 5.41) is 6.65. The molecule has 0 aliphatic carbocycles. The summed E-state index contributed by atoms with van der Waals surface area (Å²) in [6, 6.07) is 13.7. The Morgan fingerprint density at radius 1 is 1.07 bits per heavy atom. The lowest BCUT2D eigenvalue weighted by molar-refractivity contribution is 0.0940. The molecule has 0 bridgehead atoms. The van der Waals surface area contributed by atoms with Crippen LogP contribution in [0.25, 0.3) is 0 Å². The van der Waals surface area contributed by atoms with Crippen LogP contribution < -0.4 is 5.32 Å². The van der Waals surface area contributed by atoms with Gasteiger partial charge >= 0.3 is 0 Å². The van der Waals surface area contributed by atoms with Gasteiger partial charge in [0.1, 0.15) is 5.82 Å². The van der Waals surface area contributed by atoms with Crippen molar-refractivity contribution >= 4 is 5.91 Å². The van der Waals surface area contributed by atoms with E-state index in [1.165, 1.54) is 5.56 Å². The minimum atomic E-state index is -0.307. The van der Waals surface area contributed by atoms with Crippen molar-refractivity contribution in [3.8, 4) is 0 Å². The highest BCUT2D eigenvalue weighted by Crippen LogP contribution is 2.10. The normalized spacial score (nSPS) is 11.0. The van der Waals surface area contributed by atoms with Gasteiger partial charge in [0.05, 0.1) is 13.1 Å². The van der Waals surface area contributed by atoms with Crippen molar-refractivity contribution in [2.75, 3.05) is 7.05 Å². The Bertz CT molecular complexity index is 887. The van der Waals surface area contributed by atoms with Crippen LogP contribution in [0.1, 0.15) is 39.0 Å². The Morgan fingerprint density at radius 3 is 2.48 bits per heavy atom. The SMILES string of the molecule is Cc1cc(C)nc(CNC(=O)c2cc(CN(C)Cc3ccccc3)on2)n1. The second-order valence-corrected chi connectivity index (χ2v) is 6.59. The second-order valence-electron chi connectivity index (χ2n) is 6.59. The van der Waals surface area contributed by atoms with Crippen molar-refractivity contribution in [2.24, 2.45) is 0 Å². The summed E-state index contributed by atoms with van der Waals surface area (Å²) >= 11 is 0. The first-order valence-corrected chi connectivity index (χ1v) is 8.77. The molecule has 0 saturated heterocycles. The van der Waals surface area contributed by atoms with Gasteiger partial charge in [-0.25, -0.2) is 9.97 Å². The summed E-state index contributed by atoms with van der Waals surface area (Å²) in [5.41, 5.74) is 3.21. The van der Waals surface area contributed by atoms with E-state index in [-0.39, 0.29) is 18.1 Å². The molecule has 140 valence electrons. The van der Waals surface area contributed by atoms with E-state index in [4.69, 9.17) is 4.52 Å². The topological polar surface area (TPSA) is 84.2 Å². The molecule has 2 heterocycles. The molecule has 1 amide bonds. The van der Waals surface area contributed by atoms with Crippen molar-refractivity contribution < 1.29 is 9.32 Å². The number of nitrogens with one attached hydrogen (secondary N) is 1. The molecule has 0 fully saturated rings. The van der Waals surface area contributed by atoms with Crippen LogP contribution in [0, 0.1) is 13.8 Å². The van der Waals surface area contributed by atoms with Gasteiger partial charge < -0.3 is 9.84 Å². The highest BCUT2D eigenvalue weighted by molar-refractivity contribution is 5.92. The summed E-state index contributed by atoms with van der Waals surface area (Å²) in [5.74, 6) is 0.909. The Labute approximate surface area is 158 Å². The third kappa shape index (κ3) is 5.46. The highest BCUT2D eigenvalue weighted by atomic mass is 16.5. The van der Waals surface area contributed by atoms with E-state index >= 15 is 0 Å². The molecule has 0 unspecified atom stereocenters. The first kappa shape index (κ1) is 18.7. The summed E-state index contributed by atoms with van der Waals surface area (Å²) in [4.78, 5) is 23.0. The number of carbonyl (C=O) groups is 1. The molecule has 0 radical (unpaired) electrons. The molecule has 3 aromatic rings. The fraction of sp³-hybridized carbons (Fsp3) is 0.300. The summed E-state index contributed by atoms with van der Waals surface area (Å²) in [6.07, 6.45) is 0. The predicted octanol–water partition coefficient (Wildman–Crippen LogP) is 2.64. The Hall–Kier alpha value is -3.06. The smallest absolute Gasteiger partial charge is 0.273 e. The molecule has 0 saturated carbocycles. The minimum absolute atomic E-state index is 0.247. The number of rotatable bonds is 7. The zero-order valence-electron chi connectivity index (χ0n) is 15.8. The summed E-state index contributed by atoms with van der Waals surface area (Å²) in [6.45, 7) is 5.39. The average Bonchev–Trinajstić information content (AvgIpc) is 3.08. The van der Waals surface area contributed by atoms with Gasteiger partial charge in [0.2, 0.25) is 0 Å². The van der Waals surface area contributed by atoms with Gasteiger partial charge in [-0.05, 0) is 32.5 Å². The van der Waals surface area contributed by atoms with Crippen molar-refractivity contribution in [2.45, 2.75) is 33.5 Å². The van der Waals surface area contributed by atoms with Crippen LogP contribution in [-0.2, 0) is 19.6 Å². The van der Waals surface area contributed by atoms with Gasteiger partial charge in [-0.1, -0.05) is 35.5 Å². The van der Waals surface area contributed by atoms with Crippen LogP contribution in [0.5, 0.6) is 0 Å². The maximum Gasteiger partial charge on any atom is 0.273 e.